The van der Waals surface area contributed by atoms with Crippen LogP contribution in [0.2, 0.25) is 0 Å². The van der Waals surface area contributed by atoms with Gasteiger partial charge in [0, 0.05) is 12.3 Å². The van der Waals surface area contributed by atoms with Gasteiger partial charge in [-0.15, -0.1) is 0 Å². The van der Waals surface area contributed by atoms with Crippen LogP contribution in [0, 0.1) is 17.8 Å². The van der Waals surface area contributed by atoms with Crippen LogP contribution < -0.4 is 0 Å². The fourth-order valence-corrected chi connectivity index (χ4v) is 3.08. The lowest BCUT2D eigenvalue weighted by Gasteiger charge is -2.41. The van der Waals surface area contributed by atoms with E-state index in [1.165, 1.54) is 0 Å². The Morgan fingerprint density at radius 1 is 1.23 bits per heavy atom. The number of hydrogen-bond acceptors (Lipinski definition) is 2. The number of carbonyl (C=O) groups is 1. The van der Waals surface area contributed by atoms with Crippen molar-refractivity contribution < 1.29 is 9.90 Å². The lowest BCUT2D eigenvalue weighted by molar-refractivity contribution is -0.131. The van der Waals surface area contributed by atoms with Crippen molar-refractivity contribution >= 4 is 5.78 Å². The van der Waals surface area contributed by atoms with E-state index in [0.717, 1.165) is 25.7 Å². The molecule has 1 N–H and O–H groups in total. The highest BCUT2D eigenvalue weighted by Gasteiger charge is 2.40. The molecule has 2 nitrogen and oxygen atoms in total. The standard InChI is InChI=1S/C11H18O2/c1-7-8-3-2-4-11(13)9(8)5-6-10(7)12/h7-9,11,13H,2-6H2,1H3. The van der Waals surface area contributed by atoms with E-state index in [1.807, 2.05) is 6.92 Å². The fourth-order valence-electron chi connectivity index (χ4n) is 3.08. The van der Waals surface area contributed by atoms with E-state index in [4.69, 9.17) is 0 Å². The average molecular weight is 182 g/mol. The first-order chi connectivity index (χ1) is 6.20. The minimum atomic E-state index is -0.130. The summed E-state index contributed by atoms with van der Waals surface area (Å²) in [5.41, 5.74) is 0. The molecule has 2 aliphatic rings. The van der Waals surface area contributed by atoms with Crippen LogP contribution in [0.5, 0.6) is 0 Å². The first-order valence-electron chi connectivity index (χ1n) is 5.41. The zero-order valence-electron chi connectivity index (χ0n) is 8.20. The third-order valence-electron chi connectivity index (χ3n) is 3.96. The van der Waals surface area contributed by atoms with Gasteiger partial charge in [0.1, 0.15) is 5.78 Å². The van der Waals surface area contributed by atoms with Gasteiger partial charge in [0.15, 0.2) is 0 Å². The van der Waals surface area contributed by atoms with Crippen LogP contribution in [0.4, 0.5) is 0 Å². The number of aliphatic hydroxyl groups is 1. The zero-order chi connectivity index (χ0) is 9.42. The lowest BCUT2D eigenvalue weighted by Crippen LogP contribution is -2.42. The molecule has 0 aromatic carbocycles. The van der Waals surface area contributed by atoms with E-state index in [1.54, 1.807) is 0 Å². The minimum Gasteiger partial charge on any atom is -0.393 e. The summed E-state index contributed by atoms with van der Waals surface area (Å²) < 4.78 is 0. The van der Waals surface area contributed by atoms with Gasteiger partial charge in [-0.3, -0.25) is 4.79 Å². The Bertz CT molecular complexity index is 212. The molecule has 4 atom stereocenters. The SMILES string of the molecule is CC1C(=O)CCC2C(O)CCCC12. The summed E-state index contributed by atoms with van der Waals surface area (Å²) in [4.78, 5) is 11.5. The highest BCUT2D eigenvalue weighted by Crippen LogP contribution is 2.42. The molecule has 0 spiro atoms. The molecule has 2 aliphatic carbocycles. The second-order valence-corrected chi connectivity index (χ2v) is 4.62. The maximum Gasteiger partial charge on any atom is 0.136 e. The molecule has 0 bridgehead atoms. The Hall–Kier alpha value is -0.370. The number of ketones is 1. The van der Waals surface area contributed by atoms with Crippen molar-refractivity contribution in [2.24, 2.45) is 17.8 Å². The third kappa shape index (κ3) is 1.52. The quantitative estimate of drug-likeness (QED) is 0.620. The summed E-state index contributed by atoms with van der Waals surface area (Å²) >= 11 is 0. The largest absolute Gasteiger partial charge is 0.393 e. The first-order valence-corrected chi connectivity index (χ1v) is 5.41. The van der Waals surface area contributed by atoms with Crippen LogP contribution in [0.25, 0.3) is 0 Å². The number of carbonyl (C=O) groups excluding carboxylic acids is 1. The van der Waals surface area contributed by atoms with Gasteiger partial charge in [0.05, 0.1) is 6.10 Å². The van der Waals surface area contributed by atoms with E-state index in [2.05, 4.69) is 0 Å². The third-order valence-corrected chi connectivity index (χ3v) is 3.96. The highest BCUT2D eigenvalue weighted by atomic mass is 16.3. The second-order valence-electron chi connectivity index (χ2n) is 4.62. The van der Waals surface area contributed by atoms with E-state index >= 15 is 0 Å². The second kappa shape index (κ2) is 3.41. The van der Waals surface area contributed by atoms with Crippen LogP contribution in [-0.4, -0.2) is 17.0 Å². The van der Waals surface area contributed by atoms with Crippen molar-refractivity contribution in [3.05, 3.63) is 0 Å². The Kier molecular flexibility index (Phi) is 2.41. The molecule has 4 unspecified atom stereocenters. The van der Waals surface area contributed by atoms with Gasteiger partial charge < -0.3 is 5.11 Å². The minimum absolute atomic E-state index is 0.130. The fraction of sp³-hybridized carbons (Fsp3) is 0.909. The molecule has 0 amide bonds. The van der Waals surface area contributed by atoms with Crippen molar-refractivity contribution in [2.75, 3.05) is 0 Å². The normalized spacial score (nSPS) is 45.8. The van der Waals surface area contributed by atoms with Crippen LogP contribution in [-0.2, 0) is 4.79 Å². The van der Waals surface area contributed by atoms with Gasteiger partial charge in [-0.05, 0) is 31.1 Å². The molecule has 2 heteroatoms. The molecule has 0 heterocycles. The van der Waals surface area contributed by atoms with Crippen molar-refractivity contribution in [1.82, 2.24) is 0 Å². The molecule has 2 saturated carbocycles. The van der Waals surface area contributed by atoms with Crippen molar-refractivity contribution in [3.63, 3.8) is 0 Å². The summed E-state index contributed by atoms with van der Waals surface area (Å²) in [6, 6.07) is 0. The molecule has 74 valence electrons. The average Bonchev–Trinajstić information content (AvgIpc) is 2.12. The van der Waals surface area contributed by atoms with Crippen LogP contribution >= 0.6 is 0 Å². The smallest absolute Gasteiger partial charge is 0.136 e. The van der Waals surface area contributed by atoms with Gasteiger partial charge in [-0.2, -0.15) is 0 Å². The zero-order valence-corrected chi connectivity index (χ0v) is 8.20. The number of rotatable bonds is 0. The summed E-state index contributed by atoms with van der Waals surface area (Å²) in [7, 11) is 0. The number of aliphatic hydroxyl groups excluding tert-OH is 1. The summed E-state index contributed by atoms with van der Waals surface area (Å²) in [6.07, 6.45) is 4.68. The van der Waals surface area contributed by atoms with Crippen LogP contribution in [0.3, 0.4) is 0 Å². The van der Waals surface area contributed by atoms with Crippen LogP contribution in [0.1, 0.15) is 39.0 Å². The van der Waals surface area contributed by atoms with Gasteiger partial charge in [0.25, 0.3) is 0 Å². The number of Topliss-reactive ketones (excluding diaryl/α,β-unsaturated/α-hetero) is 1. The monoisotopic (exact) mass is 182 g/mol. The molecule has 0 aromatic heterocycles. The maximum atomic E-state index is 11.5. The first kappa shape index (κ1) is 9.20. The van der Waals surface area contributed by atoms with E-state index in [9.17, 15) is 9.90 Å². The van der Waals surface area contributed by atoms with E-state index in [0.29, 0.717) is 24.0 Å². The molecule has 2 rings (SSSR count). The van der Waals surface area contributed by atoms with Gasteiger partial charge in [0.2, 0.25) is 0 Å². The van der Waals surface area contributed by atoms with Crippen molar-refractivity contribution in [3.8, 4) is 0 Å². The lowest BCUT2D eigenvalue weighted by atomic mass is 9.64. The Morgan fingerprint density at radius 3 is 2.77 bits per heavy atom. The van der Waals surface area contributed by atoms with Gasteiger partial charge >= 0.3 is 0 Å². The molecule has 0 aliphatic heterocycles. The van der Waals surface area contributed by atoms with E-state index in [-0.39, 0.29) is 12.0 Å². The number of hydrogen-bond donors (Lipinski definition) is 1. The molecule has 0 radical (unpaired) electrons. The molecule has 0 aromatic rings. The molecule has 2 fully saturated rings. The summed E-state index contributed by atoms with van der Waals surface area (Å²) in [5, 5.41) is 9.80. The summed E-state index contributed by atoms with van der Waals surface area (Å²) in [6.45, 7) is 2.04. The van der Waals surface area contributed by atoms with Crippen molar-refractivity contribution in [2.45, 2.75) is 45.1 Å². The predicted molar refractivity (Wildman–Crippen MR) is 50.2 cm³/mol. The summed E-state index contributed by atoms with van der Waals surface area (Å²) in [5.74, 6) is 1.51. The highest BCUT2D eigenvalue weighted by molar-refractivity contribution is 5.81. The predicted octanol–water partition coefficient (Wildman–Crippen LogP) is 1.76. The molecule has 0 saturated heterocycles. The molecular formula is C11H18O2. The van der Waals surface area contributed by atoms with Gasteiger partial charge in [-0.1, -0.05) is 13.3 Å². The van der Waals surface area contributed by atoms with Crippen molar-refractivity contribution in [1.29, 1.82) is 0 Å². The Balaban J connectivity index is 2.12. The Morgan fingerprint density at radius 2 is 2.00 bits per heavy atom. The maximum absolute atomic E-state index is 11.5. The van der Waals surface area contributed by atoms with E-state index < -0.39 is 0 Å². The Labute approximate surface area is 79.3 Å². The topological polar surface area (TPSA) is 37.3 Å². The number of fused-ring (bicyclic) bond motifs is 1. The molecular weight excluding hydrogens is 164 g/mol. The van der Waals surface area contributed by atoms with Crippen LogP contribution in [0.15, 0.2) is 0 Å². The van der Waals surface area contributed by atoms with Gasteiger partial charge in [-0.25, -0.2) is 0 Å². The molecule has 13 heavy (non-hydrogen) atoms.